The second kappa shape index (κ2) is 6.50. The van der Waals surface area contributed by atoms with Crippen LogP contribution in [0.3, 0.4) is 0 Å². The Balaban J connectivity index is 3.17. The van der Waals surface area contributed by atoms with E-state index in [0.29, 0.717) is 6.54 Å². The molecular formula is C12H14N2O6. The monoisotopic (exact) mass is 282 g/mol. The highest BCUT2D eigenvalue weighted by Gasteiger charge is 2.26. The average molecular weight is 282 g/mol. The van der Waals surface area contributed by atoms with Gasteiger partial charge in [0.2, 0.25) is 5.75 Å². The summed E-state index contributed by atoms with van der Waals surface area (Å²) < 4.78 is 5.18. The van der Waals surface area contributed by atoms with Crippen LogP contribution in [0, 0.1) is 10.1 Å². The Morgan fingerprint density at radius 1 is 1.50 bits per heavy atom. The summed E-state index contributed by atoms with van der Waals surface area (Å²) in [7, 11) is 0. The average Bonchev–Trinajstić information content (AvgIpc) is 2.38. The lowest BCUT2D eigenvalue weighted by atomic mass is 10.1. The molecule has 2 N–H and O–H groups in total. The first kappa shape index (κ1) is 15.4. The highest BCUT2D eigenvalue weighted by atomic mass is 16.6. The Morgan fingerprint density at radius 2 is 2.15 bits per heavy atom. The van der Waals surface area contributed by atoms with Crippen molar-refractivity contribution in [1.29, 1.82) is 0 Å². The highest BCUT2D eigenvalue weighted by Crippen LogP contribution is 2.31. The van der Waals surface area contributed by atoms with Gasteiger partial charge in [0.05, 0.1) is 4.92 Å². The van der Waals surface area contributed by atoms with Crippen LogP contribution in [0.15, 0.2) is 18.2 Å². The molecule has 8 heteroatoms. The van der Waals surface area contributed by atoms with E-state index >= 15 is 0 Å². The molecule has 8 nitrogen and oxygen atoms in total. The largest absolute Gasteiger partial charge is 0.478 e. The van der Waals surface area contributed by atoms with Crippen LogP contribution in [0.1, 0.15) is 24.2 Å². The lowest BCUT2D eigenvalue weighted by Crippen LogP contribution is -2.36. The summed E-state index contributed by atoms with van der Waals surface area (Å²) in [5, 5.41) is 22.4. The van der Waals surface area contributed by atoms with Gasteiger partial charge in [0.15, 0.2) is 6.10 Å². The third-order valence-corrected chi connectivity index (χ3v) is 2.44. The van der Waals surface area contributed by atoms with Gasteiger partial charge < -0.3 is 15.2 Å². The van der Waals surface area contributed by atoms with Crippen molar-refractivity contribution in [2.24, 2.45) is 0 Å². The topological polar surface area (TPSA) is 119 Å². The molecule has 0 aromatic heterocycles. The lowest BCUT2D eigenvalue weighted by molar-refractivity contribution is -0.386. The van der Waals surface area contributed by atoms with E-state index in [9.17, 15) is 19.7 Å². The van der Waals surface area contributed by atoms with E-state index in [1.165, 1.54) is 19.1 Å². The van der Waals surface area contributed by atoms with Gasteiger partial charge in [0.25, 0.3) is 5.91 Å². The third-order valence-electron chi connectivity index (χ3n) is 2.44. The van der Waals surface area contributed by atoms with Crippen molar-refractivity contribution < 1.29 is 24.4 Å². The van der Waals surface area contributed by atoms with Gasteiger partial charge >= 0.3 is 11.7 Å². The zero-order chi connectivity index (χ0) is 15.3. The molecule has 1 rings (SSSR count). The molecule has 1 amide bonds. The van der Waals surface area contributed by atoms with E-state index < -0.39 is 34.3 Å². The number of carbonyl (C=O) groups excluding carboxylic acids is 1. The maximum absolute atomic E-state index is 11.6. The number of nitrogens with zero attached hydrogens (tertiary/aromatic N) is 1. The number of likely N-dealkylation sites (N-methyl/N-ethyl adjacent to an activating group) is 1. The van der Waals surface area contributed by atoms with Crippen LogP contribution in [0.5, 0.6) is 5.75 Å². The van der Waals surface area contributed by atoms with Crippen molar-refractivity contribution in [1.82, 2.24) is 5.32 Å². The minimum atomic E-state index is -1.37. The van der Waals surface area contributed by atoms with E-state index in [1.54, 1.807) is 6.92 Å². The highest BCUT2D eigenvalue weighted by molar-refractivity contribution is 5.93. The summed E-state index contributed by atoms with van der Waals surface area (Å²) in [6.45, 7) is 3.46. The zero-order valence-electron chi connectivity index (χ0n) is 11.0. The zero-order valence-corrected chi connectivity index (χ0v) is 11.0. The van der Waals surface area contributed by atoms with E-state index in [2.05, 4.69) is 5.32 Å². The Bertz CT molecular complexity index is 510. The van der Waals surface area contributed by atoms with Gasteiger partial charge in [0.1, 0.15) is 5.56 Å². The molecule has 108 valence electrons. The predicted octanol–water partition coefficient (Wildman–Crippen LogP) is 1.20. The SMILES string of the molecule is CCNC(=O)C(C)Oc1c(C(=O)O)cccc1[N+](=O)[O-]. The number of aromatic carboxylic acids is 1. The second-order valence-electron chi connectivity index (χ2n) is 3.87. The van der Waals surface area contributed by atoms with Gasteiger partial charge in [-0.3, -0.25) is 14.9 Å². The Kier molecular flexibility index (Phi) is 5.01. The van der Waals surface area contributed by atoms with E-state index in [0.717, 1.165) is 6.07 Å². The molecule has 1 aromatic carbocycles. The number of benzene rings is 1. The number of hydrogen-bond acceptors (Lipinski definition) is 5. The van der Waals surface area contributed by atoms with Crippen molar-refractivity contribution in [2.75, 3.05) is 6.54 Å². The standard InChI is InChI=1S/C12H14N2O6/c1-3-13-11(15)7(2)20-10-8(12(16)17)5-4-6-9(10)14(18)19/h4-7H,3H2,1-2H3,(H,13,15)(H,16,17). The summed E-state index contributed by atoms with van der Waals surface area (Å²) in [6, 6.07) is 3.53. The van der Waals surface area contributed by atoms with Gasteiger partial charge in [-0.05, 0) is 19.9 Å². The van der Waals surface area contributed by atoms with Gasteiger partial charge in [0, 0.05) is 12.6 Å². The van der Waals surface area contributed by atoms with Crippen LogP contribution < -0.4 is 10.1 Å². The van der Waals surface area contributed by atoms with Crippen molar-refractivity contribution >= 4 is 17.6 Å². The summed E-state index contributed by atoms with van der Waals surface area (Å²) in [6.07, 6.45) is -1.05. The first-order valence-electron chi connectivity index (χ1n) is 5.83. The van der Waals surface area contributed by atoms with E-state index in [-0.39, 0.29) is 5.56 Å². The fourth-order valence-corrected chi connectivity index (χ4v) is 1.51. The fourth-order valence-electron chi connectivity index (χ4n) is 1.51. The number of carbonyl (C=O) groups is 2. The van der Waals surface area contributed by atoms with Crippen LogP contribution >= 0.6 is 0 Å². The molecule has 0 saturated heterocycles. The van der Waals surface area contributed by atoms with Crippen LogP contribution in [-0.2, 0) is 4.79 Å². The number of para-hydroxylation sites is 1. The number of ether oxygens (including phenoxy) is 1. The van der Waals surface area contributed by atoms with E-state index in [1.807, 2.05) is 0 Å². The number of hydrogen-bond donors (Lipinski definition) is 2. The molecule has 0 spiro atoms. The summed E-state index contributed by atoms with van der Waals surface area (Å²) in [5.41, 5.74) is -0.864. The number of rotatable bonds is 6. The first-order valence-corrected chi connectivity index (χ1v) is 5.83. The predicted molar refractivity (Wildman–Crippen MR) is 68.8 cm³/mol. The number of nitrogens with one attached hydrogen (secondary N) is 1. The Labute approximate surface area is 114 Å². The molecule has 0 radical (unpaired) electrons. The third kappa shape index (κ3) is 3.44. The molecule has 0 aliphatic carbocycles. The van der Waals surface area contributed by atoms with Crippen LogP contribution in [-0.4, -0.2) is 34.6 Å². The fraction of sp³-hybridized carbons (Fsp3) is 0.333. The normalized spacial score (nSPS) is 11.5. The second-order valence-corrected chi connectivity index (χ2v) is 3.87. The summed E-state index contributed by atoms with van der Waals surface area (Å²) in [4.78, 5) is 32.8. The number of carboxylic acid groups (broad SMARTS) is 1. The van der Waals surface area contributed by atoms with Crippen molar-refractivity contribution in [3.05, 3.63) is 33.9 Å². The van der Waals surface area contributed by atoms with Crippen molar-refractivity contribution in [3.8, 4) is 5.75 Å². The molecule has 20 heavy (non-hydrogen) atoms. The maximum atomic E-state index is 11.6. The molecule has 0 fully saturated rings. The molecule has 0 aliphatic heterocycles. The minimum Gasteiger partial charge on any atom is -0.478 e. The van der Waals surface area contributed by atoms with Crippen LogP contribution in [0.25, 0.3) is 0 Å². The van der Waals surface area contributed by atoms with Gasteiger partial charge in [-0.15, -0.1) is 0 Å². The number of amides is 1. The molecule has 1 atom stereocenters. The number of nitro benzene ring substituents is 1. The number of nitro groups is 1. The Morgan fingerprint density at radius 3 is 2.65 bits per heavy atom. The smallest absolute Gasteiger partial charge is 0.339 e. The first-order chi connectivity index (χ1) is 9.38. The van der Waals surface area contributed by atoms with Gasteiger partial charge in [-0.2, -0.15) is 0 Å². The maximum Gasteiger partial charge on any atom is 0.339 e. The van der Waals surface area contributed by atoms with Crippen LogP contribution in [0.2, 0.25) is 0 Å². The molecule has 0 aliphatic rings. The van der Waals surface area contributed by atoms with Gasteiger partial charge in [-0.1, -0.05) is 6.07 Å². The van der Waals surface area contributed by atoms with Gasteiger partial charge in [-0.25, -0.2) is 4.79 Å². The quantitative estimate of drug-likeness (QED) is 0.597. The van der Waals surface area contributed by atoms with Crippen molar-refractivity contribution in [3.63, 3.8) is 0 Å². The molecule has 0 bridgehead atoms. The van der Waals surface area contributed by atoms with Crippen molar-refractivity contribution in [2.45, 2.75) is 20.0 Å². The number of carboxylic acids is 1. The van der Waals surface area contributed by atoms with E-state index in [4.69, 9.17) is 9.84 Å². The molecule has 0 heterocycles. The molecule has 1 unspecified atom stereocenters. The summed E-state index contributed by atoms with van der Waals surface area (Å²) in [5.74, 6) is -2.28. The Hall–Kier alpha value is -2.64. The van der Waals surface area contributed by atoms with Crippen LogP contribution in [0.4, 0.5) is 5.69 Å². The summed E-state index contributed by atoms with van der Waals surface area (Å²) >= 11 is 0. The lowest BCUT2D eigenvalue weighted by Gasteiger charge is -2.15. The molecular weight excluding hydrogens is 268 g/mol. The molecule has 1 aromatic rings. The molecule has 0 saturated carbocycles. The minimum absolute atomic E-state index is 0.365.